The molecule has 0 fully saturated rings. The standard InChI is InChI=1S/C26H19Cl3FN7OS/c1-14-20(30)9-6-10-21(14)31-23(38)13-39-26-34-33-25(36(26)16-7-4-3-5-8-16)24-15(2)37(35-32-24)22-12-18(28)17(27)11-19(22)29/h3-12H,13H2,1-2H3,(H,31,38). The SMILES string of the molecule is Cc1c(F)cccc1NC(=O)CSc1nnc(-c2nnn(-c3cc(Cl)c(Cl)cc3Cl)c2C)n1-c1ccccc1. The number of para-hydroxylation sites is 1. The number of thioether (sulfide) groups is 1. The van der Waals surface area contributed by atoms with E-state index in [2.05, 4.69) is 25.8 Å². The molecule has 8 nitrogen and oxygen atoms in total. The Morgan fingerprint density at radius 1 is 0.949 bits per heavy atom. The third-order valence-corrected chi connectivity index (χ3v) is 7.80. The van der Waals surface area contributed by atoms with Crippen LogP contribution in [0.1, 0.15) is 11.3 Å². The van der Waals surface area contributed by atoms with Crippen LogP contribution in [0.5, 0.6) is 0 Å². The van der Waals surface area contributed by atoms with Crippen LogP contribution in [0.4, 0.5) is 10.1 Å². The fourth-order valence-electron chi connectivity index (χ4n) is 3.82. The molecule has 5 rings (SSSR count). The lowest BCUT2D eigenvalue weighted by molar-refractivity contribution is -0.113. The number of amides is 1. The van der Waals surface area contributed by atoms with Gasteiger partial charge in [-0.2, -0.15) is 0 Å². The highest BCUT2D eigenvalue weighted by Crippen LogP contribution is 2.34. The number of nitrogens with zero attached hydrogens (tertiary/aromatic N) is 6. The topological polar surface area (TPSA) is 90.5 Å². The van der Waals surface area contributed by atoms with Crippen molar-refractivity contribution in [2.45, 2.75) is 19.0 Å². The number of halogens is 4. The molecule has 0 aliphatic carbocycles. The van der Waals surface area contributed by atoms with Crippen LogP contribution < -0.4 is 5.32 Å². The highest BCUT2D eigenvalue weighted by Gasteiger charge is 2.23. The summed E-state index contributed by atoms with van der Waals surface area (Å²) in [6.45, 7) is 3.43. The molecule has 0 saturated heterocycles. The lowest BCUT2D eigenvalue weighted by atomic mass is 10.2. The van der Waals surface area contributed by atoms with Crippen LogP contribution in [0.2, 0.25) is 15.1 Å². The number of rotatable bonds is 7. The van der Waals surface area contributed by atoms with Crippen LogP contribution in [-0.2, 0) is 4.79 Å². The minimum absolute atomic E-state index is 0.0193. The minimum Gasteiger partial charge on any atom is -0.325 e. The Bertz CT molecular complexity index is 1690. The predicted octanol–water partition coefficient (Wildman–Crippen LogP) is 6.96. The van der Waals surface area contributed by atoms with Crippen molar-refractivity contribution in [1.29, 1.82) is 0 Å². The van der Waals surface area contributed by atoms with Gasteiger partial charge < -0.3 is 5.32 Å². The van der Waals surface area contributed by atoms with E-state index in [0.29, 0.717) is 54.4 Å². The van der Waals surface area contributed by atoms with E-state index < -0.39 is 0 Å². The van der Waals surface area contributed by atoms with Crippen LogP contribution in [0, 0.1) is 19.7 Å². The zero-order valence-corrected chi connectivity index (χ0v) is 23.6. The monoisotopic (exact) mass is 601 g/mol. The minimum atomic E-state index is -0.389. The molecule has 13 heteroatoms. The van der Waals surface area contributed by atoms with E-state index in [4.69, 9.17) is 34.8 Å². The molecule has 0 saturated carbocycles. The Morgan fingerprint density at radius 2 is 1.69 bits per heavy atom. The summed E-state index contributed by atoms with van der Waals surface area (Å²) < 4.78 is 17.2. The van der Waals surface area contributed by atoms with Gasteiger partial charge in [-0.1, -0.05) is 76.0 Å². The van der Waals surface area contributed by atoms with Crippen molar-refractivity contribution >= 4 is 58.2 Å². The molecule has 0 aliphatic rings. The van der Waals surface area contributed by atoms with Crippen molar-refractivity contribution in [2.24, 2.45) is 0 Å². The maximum Gasteiger partial charge on any atom is 0.234 e. The first-order valence-electron chi connectivity index (χ1n) is 11.5. The number of benzene rings is 3. The highest BCUT2D eigenvalue weighted by molar-refractivity contribution is 7.99. The van der Waals surface area contributed by atoms with Crippen molar-refractivity contribution in [3.63, 3.8) is 0 Å². The van der Waals surface area contributed by atoms with Crippen LogP contribution in [0.3, 0.4) is 0 Å². The molecule has 0 atom stereocenters. The average molecular weight is 603 g/mol. The average Bonchev–Trinajstić information content (AvgIpc) is 3.51. The molecule has 2 heterocycles. The molecule has 39 heavy (non-hydrogen) atoms. The van der Waals surface area contributed by atoms with Gasteiger partial charge in [0.15, 0.2) is 16.7 Å². The number of aromatic nitrogens is 6. The van der Waals surface area contributed by atoms with E-state index >= 15 is 0 Å². The smallest absolute Gasteiger partial charge is 0.234 e. The first-order chi connectivity index (χ1) is 18.7. The second-order valence-electron chi connectivity index (χ2n) is 8.38. The van der Waals surface area contributed by atoms with Gasteiger partial charge in [0.25, 0.3) is 0 Å². The van der Waals surface area contributed by atoms with Crippen molar-refractivity contribution in [3.05, 3.63) is 92.8 Å². The Balaban J connectivity index is 1.48. The van der Waals surface area contributed by atoms with E-state index in [1.807, 2.05) is 37.3 Å². The molecule has 0 unspecified atom stereocenters. The number of anilines is 1. The number of hydrogen-bond acceptors (Lipinski definition) is 6. The summed E-state index contributed by atoms with van der Waals surface area (Å²) >= 11 is 19.9. The zero-order valence-electron chi connectivity index (χ0n) is 20.5. The van der Waals surface area contributed by atoms with Gasteiger partial charge in [0.1, 0.15) is 5.82 Å². The Morgan fingerprint density at radius 3 is 2.46 bits per heavy atom. The second-order valence-corrected chi connectivity index (χ2v) is 10.5. The van der Waals surface area contributed by atoms with Crippen LogP contribution in [0.25, 0.3) is 22.9 Å². The quantitative estimate of drug-likeness (QED) is 0.160. The first-order valence-corrected chi connectivity index (χ1v) is 13.6. The lowest BCUT2D eigenvalue weighted by Crippen LogP contribution is -2.15. The number of nitrogens with one attached hydrogen (secondary N) is 1. The predicted molar refractivity (Wildman–Crippen MR) is 152 cm³/mol. The number of carbonyl (C=O) groups excluding carboxylic acids is 1. The Kier molecular flexibility index (Phi) is 7.90. The van der Waals surface area contributed by atoms with Gasteiger partial charge in [-0.15, -0.1) is 15.3 Å². The number of hydrogen-bond donors (Lipinski definition) is 1. The maximum atomic E-state index is 13.9. The summed E-state index contributed by atoms with van der Waals surface area (Å²) in [5.74, 6) is -0.260. The van der Waals surface area contributed by atoms with Gasteiger partial charge in [-0.3, -0.25) is 9.36 Å². The summed E-state index contributed by atoms with van der Waals surface area (Å²) in [5.41, 5.74) is 3.15. The second kappa shape index (κ2) is 11.4. The molecular formula is C26H19Cl3FN7OS. The van der Waals surface area contributed by atoms with Gasteiger partial charge in [-0.05, 0) is 50.2 Å². The largest absolute Gasteiger partial charge is 0.325 e. The fraction of sp³-hybridized carbons (Fsp3) is 0.115. The fourth-order valence-corrected chi connectivity index (χ4v) is 5.20. The van der Waals surface area contributed by atoms with Crippen molar-refractivity contribution in [2.75, 3.05) is 11.1 Å². The van der Waals surface area contributed by atoms with Gasteiger partial charge >= 0.3 is 0 Å². The third-order valence-electron chi connectivity index (χ3n) is 5.85. The Labute approximate surface area is 242 Å². The molecule has 0 spiro atoms. The van der Waals surface area contributed by atoms with E-state index in [1.54, 1.807) is 40.4 Å². The summed E-state index contributed by atoms with van der Waals surface area (Å²) in [6, 6.07) is 17.1. The molecular weight excluding hydrogens is 584 g/mol. The normalized spacial score (nSPS) is 11.1. The van der Waals surface area contributed by atoms with Crippen molar-refractivity contribution in [1.82, 2.24) is 29.8 Å². The van der Waals surface area contributed by atoms with Crippen molar-refractivity contribution < 1.29 is 9.18 Å². The first kappa shape index (κ1) is 27.1. The summed E-state index contributed by atoms with van der Waals surface area (Å²) in [7, 11) is 0. The molecule has 0 bridgehead atoms. The molecule has 0 aliphatic heterocycles. The number of carbonyl (C=O) groups is 1. The third kappa shape index (κ3) is 5.51. The Hall–Kier alpha value is -3.44. The highest BCUT2D eigenvalue weighted by atomic mass is 35.5. The summed E-state index contributed by atoms with van der Waals surface area (Å²) in [5, 5.41) is 21.6. The molecule has 1 amide bonds. The van der Waals surface area contributed by atoms with Gasteiger partial charge in [0, 0.05) is 16.9 Å². The van der Waals surface area contributed by atoms with E-state index in [1.165, 1.54) is 17.8 Å². The molecule has 5 aromatic rings. The van der Waals surface area contributed by atoms with Crippen molar-refractivity contribution in [3.8, 4) is 22.9 Å². The lowest BCUT2D eigenvalue weighted by Gasteiger charge is -2.11. The van der Waals surface area contributed by atoms with Gasteiger partial charge in [0.05, 0.1) is 32.2 Å². The molecule has 1 N–H and O–H groups in total. The van der Waals surface area contributed by atoms with Gasteiger partial charge in [-0.25, -0.2) is 9.07 Å². The van der Waals surface area contributed by atoms with E-state index in [-0.39, 0.29) is 17.5 Å². The molecule has 2 aromatic heterocycles. The van der Waals surface area contributed by atoms with Gasteiger partial charge in [0.2, 0.25) is 5.91 Å². The summed E-state index contributed by atoms with van der Waals surface area (Å²) in [6.07, 6.45) is 0. The van der Waals surface area contributed by atoms with E-state index in [0.717, 1.165) is 5.69 Å². The van der Waals surface area contributed by atoms with Crippen LogP contribution in [-0.4, -0.2) is 41.4 Å². The molecule has 0 radical (unpaired) electrons. The van der Waals surface area contributed by atoms with E-state index in [9.17, 15) is 9.18 Å². The zero-order chi connectivity index (χ0) is 27.7. The molecule has 198 valence electrons. The van der Waals surface area contributed by atoms with Crippen LogP contribution >= 0.6 is 46.6 Å². The maximum absolute atomic E-state index is 13.9. The summed E-state index contributed by atoms with van der Waals surface area (Å²) in [4.78, 5) is 12.7. The molecule has 3 aromatic carbocycles. The van der Waals surface area contributed by atoms with Crippen LogP contribution in [0.15, 0.2) is 65.8 Å².